The lowest BCUT2D eigenvalue weighted by Crippen LogP contribution is -1.95. The molecule has 0 atom stereocenters. The lowest BCUT2D eigenvalue weighted by Gasteiger charge is -2.03. The molecule has 2 rings (SSSR count). The first-order valence-corrected chi connectivity index (χ1v) is 6.68. The quantitative estimate of drug-likeness (QED) is 0.822. The van der Waals surface area contributed by atoms with Crippen LogP contribution in [0.5, 0.6) is 0 Å². The van der Waals surface area contributed by atoms with Gasteiger partial charge in [0.15, 0.2) is 0 Å². The molecule has 0 saturated carbocycles. The molecule has 0 saturated heterocycles. The van der Waals surface area contributed by atoms with Crippen LogP contribution in [0.4, 0.5) is 0 Å². The highest BCUT2D eigenvalue weighted by atomic mass is 32.2. The fraction of sp³-hybridized carbons (Fsp3) is 0.214. The first kappa shape index (κ1) is 12.1. The highest BCUT2D eigenvalue weighted by Gasteiger charge is 1.97. The van der Waals surface area contributed by atoms with Crippen molar-refractivity contribution in [3.8, 4) is 0 Å². The minimum absolute atomic E-state index is 0.608. The number of aryl methyl sites for hydroxylation is 1. The monoisotopic (exact) mass is 244 g/mol. The third-order valence-electron chi connectivity index (χ3n) is 2.52. The summed E-state index contributed by atoms with van der Waals surface area (Å²) in [6.45, 7) is 0.608. The van der Waals surface area contributed by atoms with E-state index in [0.29, 0.717) is 6.54 Å². The Balaban J connectivity index is 1.86. The maximum Gasteiger partial charge on any atom is 0.0300 e. The molecule has 0 bridgehead atoms. The molecule has 2 aromatic rings. The van der Waals surface area contributed by atoms with Crippen LogP contribution in [0, 0.1) is 0 Å². The highest BCUT2D eigenvalue weighted by Crippen LogP contribution is 2.20. The number of aromatic nitrogens is 1. The van der Waals surface area contributed by atoms with Gasteiger partial charge in [-0.2, -0.15) is 0 Å². The Labute approximate surface area is 106 Å². The average Bonchev–Trinajstić information content (AvgIpc) is 2.40. The lowest BCUT2D eigenvalue weighted by atomic mass is 10.2. The highest BCUT2D eigenvalue weighted by molar-refractivity contribution is 7.99. The van der Waals surface area contributed by atoms with Gasteiger partial charge in [-0.25, -0.2) is 0 Å². The number of nitrogens with two attached hydrogens (primary N) is 1. The number of hydrogen-bond acceptors (Lipinski definition) is 3. The Bertz CT molecular complexity index is 457. The summed E-state index contributed by atoms with van der Waals surface area (Å²) in [7, 11) is 0. The molecule has 2 nitrogen and oxygen atoms in total. The van der Waals surface area contributed by atoms with Crippen LogP contribution in [0.3, 0.4) is 0 Å². The standard InChI is InChI=1S/C14H16N2S/c15-10-13-3-1-5-14(9-13)17-8-6-12-4-2-7-16-11-12/h1-5,7,9,11H,6,8,10,15H2. The average molecular weight is 244 g/mol. The van der Waals surface area contributed by atoms with E-state index in [1.165, 1.54) is 16.0 Å². The summed E-state index contributed by atoms with van der Waals surface area (Å²) in [6.07, 6.45) is 4.78. The predicted octanol–water partition coefficient (Wildman–Crippen LogP) is 2.88. The van der Waals surface area contributed by atoms with Crippen LogP contribution in [-0.4, -0.2) is 10.7 Å². The molecule has 0 aliphatic heterocycles. The van der Waals surface area contributed by atoms with Crippen molar-refractivity contribution in [3.63, 3.8) is 0 Å². The van der Waals surface area contributed by atoms with Crippen molar-refractivity contribution >= 4 is 11.8 Å². The van der Waals surface area contributed by atoms with Gasteiger partial charge in [0.1, 0.15) is 0 Å². The summed E-state index contributed by atoms with van der Waals surface area (Å²) in [4.78, 5) is 5.40. The van der Waals surface area contributed by atoms with E-state index < -0.39 is 0 Å². The molecule has 1 aromatic heterocycles. The van der Waals surface area contributed by atoms with E-state index in [0.717, 1.165) is 12.2 Å². The van der Waals surface area contributed by atoms with E-state index in [9.17, 15) is 0 Å². The molecule has 0 unspecified atom stereocenters. The minimum Gasteiger partial charge on any atom is -0.326 e. The second-order valence-corrected chi connectivity index (χ2v) is 4.98. The molecule has 0 radical (unpaired) electrons. The summed E-state index contributed by atoms with van der Waals surface area (Å²) in [5.74, 6) is 1.07. The van der Waals surface area contributed by atoms with Gasteiger partial charge in [0.05, 0.1) is 0 Å². The normalized spacial score (nSPS) is 10.4. The summed E-state index contributed by atoms with van der Waals surface area (Å²) >= 11 is 1.86. The van der Waals surface area contributed by atoms with Gasteiger partial charge in [0.2, 0.25) is 0 Å². The SMILES string of the molecule is NCc1cccc(SCCc2cccnc2)c1. The number of pyridine rings is 1. The Morgan fingerprint density at radius 3 is 2.76 bits per heavy atom. The van der Waals surface area contributed by atoms with Crippen molar-refractivity contribution in [2.75, 3.05) is 5.75 Å². The maximum atomic E-state index is 5.62. The van der Waals surface area contributed by atoms with Gasteiger partial charge in [-0.15, -0.1) is 11.8 Å². The van der Waals surface area contributed by atoms with E-state index in [4.69, 9.17) is 5.73 Å². The van der Waals surface area contributed by atoms with Crippen molar-refractivity contribution in [1.82, 2.24) is 4.98 Å². The molecular weight excluding hydrogens is 228 g/mol. The van der Waals surface area contributed by atoms with Gasteiger partial charge in [0.25, 0.3) is 0 Å². The maximum absolute atomic E-state index is 5.62. The molecule has 0 fully saturated rings. The molecule has 0 aliphatic carbocycles. The Morgan fingerprint density at radius 2 is 2.00 bits per heavy atom. The van der Waals surface area contributed by atoms with Gasteiger partial charge in [0, 0.05) is 29.6 Å². The zero-order valence-corrected chi connectivity index (χ0v) is 10.5. The third kappa shape index (κ3) is 3.88. The van der Waals surface area contributed by atoms with E-state index >= 15 is 0 Å². The number of benzene rings is 1. The van der Waals surface area contributed by atoms with E-state index in [1.807, 2.05) is 24.0 Å². The van der Waals surface area contributed by atoms with Crippen molar-refractivity contribution in [1.29, 1.82) is 0 Å². The largest absolute Gasteiger partial charge is 0.326 e. The van der Waals surface area contributed by atoms with E-state index in [1.54, 1.807) is 6.20 Å². The second-order valence-electron chi connectivity index (χ2n) is 3.81. The third-order valence-corrected chi connectivity index (χ3v) is 3.51. The molecular formula is C14H16N2S. The number of hydrogen-bond donors (Lipinski definition) is 1. The van der Waals surface area contributed by atoms with Crippen LogP contribution < -0.4 is 5.73 Å². The second kappa shape index (κ2) is 6.42. The fourth-order valence-electron chi connectivity index (χ4n) is 1.59. The zero-order valence-electron chi connectivity index (χ0n) is 9.67. The van der Waals surface area contributed by atoms with Crippen LogP contribution in [0.15, 0.2) is 53.7 Å². The van der Waals surface area contributed by atoms with Crippen molar-refractivity contribution < 1.29 is 0 Å². The molecule has 2 N–H and O–H groups in total. The van der Waals surface area contributed by atoms with E-state index in [2.05, 4.69) is 35.3 Å². The molecule has 0 spiro atoms. The smallest absolute Gasteiger partial charge is 0.0300 e. The lowest BCUT2D eigenvalue weighted by molar-refractivity contribution is 1.06. The van der Waals surface area contributed by atoms with Gasteiger partial charge in [-0.1, -0.05) is 18.2 Å². The van der Waals surface area contributed by atoms with Gasteiger partial charge in [-0.3, -0.25) is 4.98 Å². The summed E-state index contributed by atoms with van der Waals surface area (Å²) < 4.78 is 0. The van der Waals surface area contributed by atoms with Crippen LogP contribution in [-0.2, 0) is 13.0 Å². The predicted molar refractivity (Wildman–Crippen MR) is 73.0 cm³/mol. The van der Waals surface area contributed by atoms with Crippen molar-refractivity contribution in [2.45, 2.75) is 17.9 Å². The molecule has 17 heavy (non-hydrogen) atoms. The van der Waals surface area contributed by atoms with Gasteiger partial charge >= 0.3 is 0 Å². The topological polar surface area (TPSA) is 38.9 Å². The van der Waals surface area contributed by atoms with Crippen LogP contribution in [0.25, 0.3) is 0 Å². The van der Waals surface area contributed by atoms with Gasteiger partial charge in [-0.05, 0) is 35.7 Å². The Kier molecular flexibility index (Phi) is 4.59. The van der Waals surface area contributed by atoms with Crippen molar-refractivity contribution in [3.05, 3.63) is 59.9 Å². The number of thioether (sulfide) groups is 1. The summed E-state index contributed by atoms with van der Waals surface area (Å²) in [6, 6.07) is 12.5. The Morgan fingerprint density at radius 1 is 1.12 bits per heavy atom. The number of rotatable bonds is 5. The summed E-state index contributed by atoms with van der Waals surface area (Å²) in [5, 5.41) is 0. The van der Waals surface area contributed by atoms with Crippen LogP contribution in [0.2, 0.25) is 0 Å². The molecule has 0 aliphatic rings. The fourth-order valence-corrected chi connectivity index (χ4v) is 2.58. The molecule has 1 heterocycles. The minimum atomic E-state index is 0.608. The Hall–Kier alpha value is -1.32. The summed E-state index contributed by atoms with van der Waals surface area (Å²) in [5.41, 5.74) is 8.10. The number of nitrogens with zero attached hydrogens (tertiary/aromatic N) is 1. The molecule has 0 amide bonds. The molecule has 1 aromatic carbocycles. The van der Waals surface area contributed by atoms with Gasteiger partial charge < -0.3 is 5.73 Å². The zero-order chi connectivity index (χ0) is 11.9. The van der Waals surface area contributed by atoms with E-state index in [-0.39, 0.29) is 0 Å². The van der Waals surface area contributed by atoms with Crippen LogP contribution >= 0.6 is 11.8 Å². The first-order valence-electron chi connectivity index (χ1n) is 5.69. The van der Waals surface area contributed by atoms with Crippen molar-refractivity contribution in [2.24, 2.45) is 5.73 Å². The molecule has 88 valence electrons. The first-order chi connectivity index (χ1) is 8.38. The van der Waals surface area contributed by atoms with Crippen LogP contribution in [0.1, 0.15) is 11.1 Å². The molecule has 3 heteroatoms.